The number of aromatic nitrogens is 3. The van der Waals surface area contributed by atoms with Crippen LogP contribution in [0.4, 0.5) is 0 Å². The first-order valence-corrected chi connectivity index (χ1v) is 8.38. The SMILES string of the molecule is CCC(=O)N1CCCN(Cc2ccncc2)CC1c1nc(C)no1. The summed E-state index contributed by atoms with van der Waals surface area (Å²) in [7, 11) is 0. The Bertz CT molecular complexity index is 673. The van der Waals surface area contributed by atoms with Gasteiger partial charge in [0.05, 0.1) is 0 Å². The van der Waals surface area contributed by atoms with E-state index in [4.69, 9.17) is 4.52 Å². The topological polar surface area (TPSA) is 75.4 Å². The van der Waals surface area contributed by atoms with Crippen LogP contribution in [0.5, 0.6) is 0 Å². The van der Waals surface area contributed by atoms with Crippen molar-refractivity contribution in [3.63, 3.8) is 0 Å². The third kappa shape index (κ3) is 3.79. The Kier molecular flexibility index (Phi) is 5.20. The van der Waals surface area contributed by atoms with Gasteiger partial charge in [-0.1, -0.05) is 12.1 Å². The van der Waals surface area contributed by atoms with Crippen molar-refractivity contribution < 1.29 is 9.32 Å². The van der Waals surface area contributed by atoms with Gasteiger partial charge in [0.1, 0.15) is 6.04 Å². The van der Waals surface area contributed by atoms with Crippen LogP contribution in [0.25, 0.3) is 0 Å². The van der Waals surface area contributed by atoms with E-state index < -0.39 is 0 Å². The maximum Gasteiger partial charge on any atom is 0.250 e. The van der Waals surface area contributed by atoms with Crippen molar-refractivity contribution in [3.05, 3.63) is 41.8 Å². The molecule has 1 saturated heterocycles. The van der Waals surface area contributed by atoms with Crippen LogP contribution < -0.4 is 0 Å². The van der Waals surface area contributed by atoms with E-state index >= 15 is 0 Å². The molecule has 1 unspecified atom stereocenters. The number of carbonyl (C=O) groups excluding carboxylic acids is 1. The van der Waals surface area contributed by atoms with Gasteiger partial charge in [0.25, 0.3) is 5.89 Å². The summed E-state index contributed by atoms with van der Waals surface area (Å²) in [6.07, 6.45) is 5.02. The van der Waals surface area contributed by atoms with Gasteiger partial charge in [-0.25, -0.2) is 0 Å². The number of hydrogen-bond acceptors (Lipinski definition) is 6. The second-order valence-electron chi connectivity index (χ2n) is 6.08. The Morgan fingerprint density at radius 2 is 2.12 bits per heavy atom. The summed E-state index contributed by atoms with van der Waals surface area (Å²) in [5, 5.41) is 3.90. The zero-order valence-electron chi connectivity index (χ0n) is 14.2. The van der Waals surface area contributed by atoms with Crippen molar-refractivity contribution >= 4 is 5.91 Å². The van der Waals surface area contributed by atoms with Gasteiger partial charge in [-0.15, -0.1) is 0 Å². The fourth-order valence-electron chi connectivity index (χ4n) is 3.11. The highest BCUT2D eigenvalue weighted by Gasteiger charge is 2.32. The largest absolute Gasteiger partial charge is 0.337 e. The summed E-state index contributed by atoms with van der Waals surface area (Å²) < 4.78 is 5.39. The van der Waals surface area contributed by atoms with Gasteiger partial charge in [-0.2, -0.15) is 4.98 Å². The number of amides is 1. The van der Waals surface area contributed by atoms with E-state index in [2.05, 4.69) is 20.0 Å². The standard InChI is InChI=1S/C17H23N5O2/c1-3-16(23)22-10-4-9-21(11-14-5-7-18-8-6-14)12-15(22)17-19-13(2)20-24-17/h5-8,15H,3-4,9-12H2,1-2H3. The monoisotopic (exact) mass is 329 g/mol. The maximum absolute atomic E-state index is 12.4. The molecule has 0 saturated carbocycles. The van der Waals surface area contributed by atoms with Crippen molar-refractivity contribution in [2.24, 2.45) is 0 Å². The molecule has 0 spiro atoms. The van der Waals surface area contributed by atoms with Gasteiger partial charge in [-0.3, -0.25) is 14.7 Å². The summed E-state index contributed by atoms with van der Waals surface area (Å²) in [5.41, 5.74) is 1.21. The van der Waals surface area contributed by atoms with Gasteiger partial charge in [0, 0.05) is 45.0 Å². The first kappa shape index (κ1) is 16.6. The lowest BCUT2D eigenvalue weighted by Gasteiger charge is -2.29. The average molecular weight is 329 g/mol. The lowest BCUT2D eigenvalue weighted by atomic mass is 10.2. The van der Waals surface area contributed by atoms with Gasteiger partial charge in [0.15, 0.2) is 5.82 Å². The average Bonchev–Trinajstić information content (AvgIpc) is 2.92. The van der Waals surface area contributed by atoms with Crippen LogP contribution in [-0.2, 0) is 11.3 Å². The molecule has 1 aliphatic rings. The summed E-state index contributed by atoms with van der Waals surface area (Å²) in [6, 6.07) is 3.85. The molecule has 1 atom stereocenters. The van der Waals surface area contributed by atoms with Gasteiger partial charge in [0.2, 0.25) is 5.91 Å². The van der Waals surface area contributed by atoms with E-state index in [-0.39, 0.29) is 11.9 Å². The summed E-state index contributed by atoms with van der Waals surface area (Å²) in [6.45, 7) is 6.84. The fourth-order valence-corrected chi connectivity index (χ4v) is 3.11. The maximum atomic E-state index is 12.4. The first-order chi connectivity index (χ1) is 11.7. The number of nitrogens with zero attached hydrogens (tertiary/aromatic N) is 5. The Hall–Kier alpha value is -2.28. The molecule has 0 bridgehead atoms. The fraction of sp³-hybridized carbons (Fsp3) is 0.529. The molecule has 0 N–H and O–H groups in total. The molecule has 0 aliphatic carbocycles. The molecule has 1 aliphatic heterocycles. The molecule has 2 aromatic heterocycles. The predicted octanol–water partition coefficient (Wildman–Crippen LogP) is 1.96. The van der Waals surface area contributed by atoms with Crippen LogP contribution in [0.2, 0.25) is 0 Å². The molecule has 7 heteroatoms. The van der Waals surface area contributed by atoms with E-state index in [0.717, 1.165) is 19.5 Å². The quantitative estimate of drug-likeness (QED) is 0.853. The van der Waals surface area contributed by atoms with Crippen LogP contribution in [0, 0.1) is 6.92 Å². The normalized spacial score (nSPS) is 19.2. The smallest absolute Gasteiger partial charge is 0.250 e. The molecule has 7 nitrogen and oxygen atoms in total. The third-order valence-electron chi connectivity index (χ3n) is 4.29. The molecule has 3 heterocycles. The highest BCUT2D eigenvalue weighted by atomic mass is 16.5. The van der Waals surface area contributed by atoms with E-state index in [1.165, 1.54) is 5.56 Å². The van der Waals surface area contributed by atoms with E-state index in [1.54, 1.807) is 19.3 Å². The predicted molar refractivity (Wildman–Crippen MR) is 87.9 cm³/mol. The lowest BCUT2D eigenvalue weighted by molar-refractivity contribution is -0.133. The van der Waals surface area contributed by atoms with Crippen molar-refractivity contribution in [1.82, 2.24) is 24.9 Å². The highest BCUT2D eigenvalue weighted by molar-refractivity contribution is 5.76. The number of rotatable bonds is 4. The third-order valence-corrected chi connectivity index (χ3v) is 4.29. The van der Waals surface area contributed by atoms with Crippen molar-refractivity contribution in [2.75, 3.05) is 19.6 Å². The van der Waals surface area contributed by atoms with Gasteiger partial charge in [-0.05, 0) is 31.0 Å². The molecule has 0 radical (unpaired) electrons. The zero-order chi connectivity index (χ0) is 16.9. The minimum absolute atomic E-state index is 0.126. The number of pyridine rings is 1. The number of carbonyl (C=O) groups is 1. The molecule has 128 valence electrons. The number of hydrogen-bond donors (Lipinski definition) is 0. The minimum Gasteiger partial charge on any atom is -0.337 e. The molecule has 2 aromatic rings. The molecule has 1 amide bonds. The Morgan fingerprint density at radius 1 is 1.33 bits per heavy atom. The molecule has 0 aromatic carbocycles. The Balaban J connectivity index is 1.82. The van der Waals surface area contributed by atoms with Crippen LogP contribution in [0.3, 0.4) is 0 Å². The Labute approximate surface area is 141 Å². The summed E-state index contributed by atoms with van der Waals surface area (Å²) >= 11 is 0. The van der Waals surface area contributed by atoms with E-state index in [0.29, 0.717) is 31.2 Å². The molecule has 3 rings (SSSR count). The van der Waals surface area contributed by atoms with Crippen LogP contribution >= 0.6 is 0 Å². The second kappa shape index (κ2) is 7.53. The zero-order valence-corrected chi connectivity index (χ0v) is 14.2. The van der Waals surface area contributed by atoms with Crippen molar-refractivity contribution in [1.29, 1.82) is 0 Å². The van der Waals surface area contributed by atoms with Gasteiger partial charge >= 0.3 is 0 Å². The molecule has 1 fully saturated rings. The number of aryl methyl sites for hydroxylation is 1. The molecular weight excluding hydrogens is 306 g/mol. The van der Waals surface area contributed by atoms with Crippen molar-refractivity contribution in [3.8, 4) is 0 Å². The second-order valence-corrected chi connectivity index (χ2v) is 6.08. The molecular formula is C17H23N5O2. The Morgan fingerprint density at radius 3 is 2.79 bits per heavy atom. The lowest BCUT2D eigenvalue weighted by Crippen LogP contribution is -2.38. The van der Waals surface area contributed by atoms with Gasteiger partial charge < -0.3 is 9.42 Å². The minimum atomic E-state index is -0.192. The highest BCUT2D eigenvalue weighted by Crippen LogP contribution is 2.25. The van der Waals surface area contributed by atoms with Crippen LogP contribution in [0.15, 0.2) is 29.0 Å². The van der Waals surface area contributed by atoms with Crippen molar-refractivity contribution in [2.45, 2.75) is 39.3 Å². The van der Waals surface area contributed by atoms with E-state index in [1.807, 2.05) is 24.0 Å². The van der Waals surface area contributed by atoms with E-state index in [9.17, 15) is 4.79 Å². The first-order valence-electron chi connectivity index (χ1n) is 8.38. The van der Waals surface area contributed by atoms with Crippen LogP contribution in [0.1, 0.15) is 43.1 Å². The van der Waals surface area contributed by atoms with Crippen LogP contribution in [-0.4, -0.2) is 50.5 Å². The molecule has 24 heavy (non-hydrogen) atoms. The summed E-state index contributed by atoms with van der Waals surface area (Å²) in [4.78, 5) is 25.0. The summed E-state index contributed by atoms with van der Waals surface area (Å²) in [5.74, 6) is 1.25.